The molecule has 1 heterocycles. The average Bonchev–Trinajstić information content (AvgIpc) is 3.17. The van der Waals surface area contributed by atoms with Gasteiger partial charge in [-0.2, -0.15) is 8.78 Å². The first kappa shape index (κ1) is 18.7. The van der Waals surface area contributed by atoms with Crippen molar-refractivity contribution in [2.45, 2.75) is 26.3 Å². The molecule has 0 bridgehead atoms. The van der Waals surface area contributed by atoms with Gasteiger partial charge in [-0.1, -0.05) is 31.7 Å². The van der Waals surface area contributed by atoms with E-state index in [9.17, 15) is 13.2 Å². The number of nitrogens with zero attached hydrogens (tertiary/aromatic N) is 3. The Morgan fingerprint density at radius 2 is 2.00 bits per heavy atom. The van der Waals surface area contributed by atoms with Gasteiger partial charge in [0, 0.05) is 16.8 Å². The van der Waals surface area contributed by atoms with Crippen molar-refractivity contribution < 1.29 is 17.6 Å². The first-order valence-electron chi connectivity index (χ1n) is 8.40. The summed E-state index contributed by atoms with van der Waals surface area (Å²) in [5, 5.41) is 6.78. The molecule has 0 aliphatic heterocycles. The minimum Gasteiger partial charge on any atom is -0.415 e. The van der Waals surface area contributed by atoms with Crippen molar-refractivity contribution in [2.75, 3.05) is 4.90 Å². The van der Waals surface area contributed by atoms with Gasteiger partial charge in [-0.05, 0) is 42.4 Å². The minimum absolute atomic E-state index is 0.146. The molecule has 0 aliphatic rings. The Hall–Kier alpha value is -3.09. The normalized spacial score (nSPS) is 11.0. The number of alkyl halides is 2. The van der Waals surface area contributed by atoms with Gasteiger partial charge in [0.15, 0.2) is 0 Å². The summed E-state index contributed by atoms with van der Waals surface area (Å²) in [6.07, 6.45) is -0.336. The molecule has 0 unspecified atom stereocenters. The van der Waals surface area contributed by atoms with Gasteiger partial charge in [-0.3, -0.25) is 0 Å². The Morgan fingerprint density at radius 1 is 1.19 bits per heavy atom. The van der Waals surface area contributed by atoms with E-state index in [2.05, 4.69) is 23.7 Å². The lowest BCUT2D eigenvalue weighted by molar-refractivity contribution is 0.116. The predicted octanol–water partition coefficient (Wildman–Crippen LogP) is 5.53. The highest BCUT2D eigenvalue weighted by Crippen LogP contribution is 2.26. The van der Waals surface area contributed by atoms with E-state index >= 15 is 0 Å². The summed E-state index contributed by atoms with van der Waals surface area (Å²) in [5.74, 6) is -1.43. The van der Waals surface area contributed by atoms with E-state index in [0.717, 1.165) is 12.1 Å². The summed E-state index contributed by atoms with van der Waals surface area (Å²) in [6.45, 7) is 6.14. The van der Waals surface area contributed by atoms with Crippen LogP contribution in [-0.4, -0.2) is 10.2 Å². The largest absolute Gasteiger partial charge is 0.415 e. The molecule has 0 spiro atoms. The van der Waals surface area contributed by atoms with E-state index in [0.29, 0.717) is 5.56 Å². The summed E-state index contributed by atoms with van der Waals surface area (Å²) in [6, 6.07) is 12.2. The maximum atomic E-state index is 14.6. The summed E-state index contributed by atoms with van der Waals surface area (Å²) >= 11 is 0. The van der Waals surface area contributed by atoms with E-state index in [1.165, 1.54) is 11.6 Å². The van der Waals surface area contributed by atoms with Crippen molar-refractivity contribution in [3.63, 3.8) is 0 Å². The molecule has 0 atom stereocenters. The molecule has 3 aromatic rings. The van der Waals surface area contributed by atoms with Gasteiger partial charge in [0.2, 0.25) is 5.89 Å². The summed E-state index contributed by atoms with van der Waals surface area (Å²) < 4.78 is 44.5. The number of aryl methyl sites for hydroxylation is 1. The Balaban J connectivity index is 1.83. The van der Waals surface area contributed by atoms with Crippen LogP contribution in [0, 0.1) is 5.82 Å². The molecule has 0 saturated carbocycles. The topological polar surface area (TPSA) is 42.2 Å². The van der Waals surface area contributed by atoms with E-state index in [-0.39, 0.29) is 18.0 Å². The number of benzene rings is 2. The zero-order valence-corrected chi connectivity index (χ0v) is 14.7. The van der Waals surface area contributed by atoms with Crippen molar-refractivity contribution >= 4 is 5.69 Å². The second kappa shape index (κ2) is 8.07. The van der Waals surface area contributed by atoms with Gasteiger partial charge in [0.05, 0.1) is 6.54 Å². The molecule has 0 aliphatic carbocycles. The lowest BCUT2D eigenvalue weighted by atomic mass is 10.1. The fourth-order valence-electron chi connectivity index (χ4n) is 2.65. The maximum Gasteiger partial charge on any atom is 0.314 e. The molecule has 0 saturated heterocycles. The molecule has 0 fully saturated rings. The minimum atomic E-state index is -2.87. The Bertz CT molecular complexity index is 940. The second-order valence-corrected chi connectivity index (χ2v) is 5.89. The zero-order valence-electron chi connectivity index (χ0n) is 14.7. The van der Waals surface area contributed by atoms with Crippen LogP contribution in [0.1, 0.15) is 30.4 Å². The van der Waals surface area contributed by atoms with Crippen molar-refractivity contribution in [3.05, 3.63) is 78.1 Å². The Labute approximate surface area is 155 Å². The van der Waals surface area contributed by atoms with E-state index in [1.807, 2.05) is 29.2 Å². The van der Waals surface area contributed by atoms with E-state index in [1.54, 1.807) is 18.3 Å². The maximum absolute atomic E-state index is 14.6. The first-order chi connectivity index (χ1) is 13.0. The monoisotopic (exact) mass is 373 g/mol. The number of anilines is 1. The molecule has 4 nitrogen and oxygen atoms in total. The molecule has 7 heteroatoms. The Morgan fingerprint density at radius 3 is 2.63 bits per heavy atom. The molecule has 140 valence electrons. The third kappa shape index (κ3) is 4.19. The number of rotatable bonds is 7. The van der Waals surface area contributed by atoms with Crippen molar-refractivity contribution in [1.29, 1.82) is 0 Å². The Kier molecular flexibility index (Phi) is 5.59. The number of aromatic nitrogens is 2. The van der Waals surface area contributed by atoms with Crippen LogP contribution in [0.3, 0.4) is 0 Å². The molecule has 0 N–H and O–H groups in total. The highest BCUT2D eigenvalue weighted by Gasteiger charge is 2.18. The third-order valence-electron chi connectivity index (χ3n) is 4.14. The standard InChI is InChI=1S/C20H18F3N3O/c1-3-13-6-5-7-16(10-13)26(4-2)12-15-9-8-14(11-17(15)21)19-24-25-20(27-19)18(22)23/h4-11,18H,2-3,12H2,1H3. The number of halogens is 3. The summed E-state index contributed by atoms with van der Waals surface area (Å²) in [4.78, 5) is 1.83. The molecule has 0 radical (unpaired) electrons. The lowest BCUT2D eigenvalue weighted by Crippen LogP contribution is -2.16. The highest BCUT2D eigenvalue weighted by atomic mass is 19.3. The smallest absolute Gasteiger partial charge is 0.314 e. The third-order valence-corrected chi connectivity index (χ3v) is 4.14. The van der Waals surface area contributed by atoms with Gasteiger partial charge in [-0.15, -0.1) is 10.2 Å². The second-order valence-electron chi connectivity index (χ2n) is 5.89. The van der Waals surface area contributed by atoms with Crippen LogP contribution in [0.25, 0.3) is 11.5 Å². The van der Waals surface area contributed by atoms with Crippen LogP contribution >= 0.6 is 0 Å². The van der Waals surface area contributed by atoms with Crippen molar-refractivity contribution in [1.82, 2.24) is 10.2 Å². The van der Waals surface area contributed by atoms with Gasteiger partial charge >= 0.3 is 6.43 Å². The van der Waals surface area contributed by atoms with Crippen LogP contribution in [0.15, 0.2) is 59.7 Å². The zero-order chi connectivity index (χ0) is 19.4. The average molecular weight is 373 g/mol. The first-order valence-corrected chi connectivity index (χ1v) is 8.40. The van der Waals surface area contributed by atoms with Gasteiger partial charge in [0.25, 0.3) is 5.89 Å². The fourth-order valence-corrected chi connectivity index (χ4v) is 2.65. The summed E-state index contributed by atoms with van der Waals surface area (Å²) in [5.41, 5.74) is 2.75. The van der Waals surface area contributed by atoms with E-state index < -0.39 is 18.1 Å². The van der Waals surface area contributed by atoms with Gasteiger partial charge in [0.1, 0.15) is 5.82 Å². The quantitative estimate of drug-likeness (QED) is 0.546. The van der Waals surface area contributed by atoms with Gasteiger partial charge in [-0.25, -0.2) is 4.39 Å². The van der Waals surface area contributed by atoms with Gasteiger partial charge < -0.3 is 9.32 Å². The van der Waals surface area contributed by atoms with Crippen LogP contribution in [-0.2, 0) is 13.0 Å². The van der Waals surface area contributed by atoms with Crippen LogP contribution in [0.4, 0.5) is 18.9 Å². The number of hydrogen-bond donors (Lipinski definition) is 0. The van der Waals surface area contributed by atoms with Crippen LogP contribution in [0.2, 0.25) is 0 Å². The van der Waals surface area contributed by atoms with Crippen molar-refractivity contribution in [3.8, 4) is 11.5 Å². The molecule has 27 heavy (non-hydrogen) atoms. The highest BCUT2D eigenvalue weighted by molar-refractivity contribution is 5.55. The summed E-state index contributed by atoms with van der Waals surface area (Å²) in [7, 11) is 0. The van der Waals surface area contributed by atoms with Crippen molar-refractivity contribution in [2.24, 2.45) is 0 Å². The SMILES string of the molecule is C=CN(Cc1ccc(-c2nnc(C(F)F)o2)cc1F)c1cccc(CC)c1. The molecule has 1 aromatic heterocycles. The lowest BCUT2D eigenvalue weighted by Gasteiger charge is -2.21. The fraction of sp³-hybridized carbons (Fsp3) is 0.200. The molecule has 0 amide bonds. The number of hydrogen-bond acceptors (Lipinski definition) is 4. The molecule has 2 aromatic carbocycles. The van der Waals surface area contributed by atoms with E-state index in [4.69, 9.17) is 4.42 Å². The molecule has 3 rings (SSSR count). The van der Waals surface area contributed by atoms with Crippen LogP contribution in [0.5, 0.6) is 0 Å². The molecular formula is C20H18F3N3O. The molecular weight excluding hydrogens is 355 g/mol. The predicted molar refractivity (Wildman–Crippen MR) is 96.8 cm³/mol. The van der Waals surface area contributed by atoms with Crippen LogP contribution < -0.4 is 4.90 Å².